The Kier molecular flexibility index (Phi) is 3.91. The second-order valence-corrected chi connectivity index (χ2v) is 3.87. The fourth-order valence-corrected chi connectivity index (χ4v) is 1.51. The molecule has 1 N–H and O–H groups in total. The monoisotopic (exact) mass is 281 g/mol. The highest BCUT2D eigenvalue weighted by molar-refractivity contribution is 6.28. The Bertz CT molecular complexity index is 604. The second kappa shape index (κ2) is 5.62. The lowest BCUT2D eigenvalue weighted by Gasteiger charge is -2.07. The Labute approximate surface area is 113 Å². The number of carbonyl (C=O) groups is 1. The highest BCUT2D eigenvalue weighted by Crippen LogP contribution is 2.19. The van der Waals surface area contributed by atoms with Gasteiger partial charge < -0.3 is 10.1 Å². The normalized spacial score (nSPS) is 10.1. The topological polar surface area (TPSA) is 64.1 Å². The Morgan fingerprint density at radius 2 is 2.05 bits per heavy atom. The van der Waals surface area contributed by atoms with Crippen molar-refractivity contribution < 1.29 is 13.9 Å². The van der Waals surface area contributed by atoms with Crippen LogP contribution in [0, 0.1) is 5.82 Å². The molecule has 0 saturated heterocycles. The zero-order chi connectivity index (χ0) is 13.8. The molecule has 2 rings (SSSR count). The standard InChI is InChI=1S/C12H9ClFN3O2/c1-19-11(18)7-2-4-8(5-3-7)16-10-9(14)6-15-12(13)17-10/h2-6H,1H3,(H,15,16,17). The van der Waals surface area contributed by atoms with Crippen LogP contribution in [0.15, 0.2) is 30.5 Å². The van der Waals surface area contributed by atoms with E-state index in [9.17, 15) is 9.18 Å². The van der Waals surface area contributed by atoms with E-state index in [4.69, 9.17) is 11.6 Å². The van der Waals surface area contributed by atoms with Gasteiger partial charge >= 0.3 is 5.97 Å². The van der Waals surface area contributed by atoms with Gasteiger partial charge in [0.15, 0.2) is 11.6 Å². The van der Waals surface area contributed by atoms with Crippen LogP contribution in [0.4, 0.5) is 15.9 Å². The van der Waals surface area contributed by atoms with Crippen molar-refractivity contribution in [1.29, 1.82) is 0 Å². The first kappa shape index (κ1) is 13.2. The van der Waals surface area contributed by atoms with Crippen molar-refractivity contribution in [2.75, 3.05) is 12.4 Å². The molecule has 1 heterocycles. The third-order valence-electron chi connectivity index (χ3n) is 2.28. The lowest BCUT2D eigenvalue weighted by atomic mass is 10.2. The molecule has 0 unspecified atom stereocenters. The predicted octanol–water partition coefficient (Wildman–Crippen LogP) is 2.80. The van der Waals surface area contributed by atoms with E-state index < -0.39 is 11.8 Å². The van der Waals surface area contributed by atoms with Gasteiger partial charge in [0.2, 0.25) is 5.28 Å². The van der Waals surface area contributed by atoms with Gasteiger partial charge in [0.1, 0.15) is 0 Å². The van der Waals surface area contributed by atoms with Gasteiger partial charge in [-0.15, -0.1) is 0 Å². The Balaban J connectivity index is 2.19. The van der Waals surface area contributed by atoms with Crippen molar-refractivity contribution in [2.24, 2.45) is 0 Å². The van der Waals surface area contributed by atoms with Gasteiger partial charge in [0.25, 0.3) is 0 Å². The molecule has 1 aromatic carbocycles. The molecule has 0 saturated carbocycles. The molecule has 19 heavy (non-hydrogen) atoms. The second-order valence-electron chi connectivity index (χ2n) is 3.53. The predicted molar refractivity (Wildman–Crippen MR) is 68.1 cm³/mol. The summed E-state index contributed by atoms with van der Waals surface area (Å²) in [5.41, 5.74) is 0.954. The Morgan fingerprint density at radius 3 is 2.68 bits per heavy atom. The highest BCUT2D eigenvalue weighted by atomic mass is 35.5. The summed E-state index contributed by atoms with van der Waals surface area (Å²) in [6.45, 7) is 0. The van der Waals surface area contributed by atoms with Crippen LogP contribution in [0.3, 0.4) is 0 Å². The quantitative estimate of drug-likeness (QED) is 0.692. The lowest BCUT2D eigenvalue weighted by molar-refractivity contribution is 0.0601. The highest BCUT2D eigenvalue weighted by Gasteiger charge is 2.08. The SMILES string of the molecule is COC(=O)c1ccc(Nc2nc(Cl)ncc2F)cc1. The van der Waals surface area contributed by atoms with Gasteiger partial charge in [-0.05, 0) is 35.9 Å². The summed E-state index contributed by atoms with van der Waals surface area (Å²) in [4.78, 5) is 18.5. The third-order valence-corrected chi connectivity index (χ3v) is 2.47. The summed E-state index contributed by atoms with van der Waals surface area (Å²) in [7, 11) is 1.30. The van der Waals surface area contributed by atoms with Gasteiger partial charge in [-0.2, -0.15) is 4.98 Å². The van der Waals surface area contributed by atoms with Gasteiger partial charge in [0, 0.05) is 5.69 Å². The van der Waals surface area contributed by atoms with E-state index in [1.165, 1.54) is 7.11 Å². The number of hydrogen-bond donors (Lipinski definition) is 1. The van der Waals surface area contributed by atoms with Crippen molar-refractivity contribution in [3.05, 3.63) is 47.1 Å². The molecule has 0 fully saturated rings. The third kappa shape index (κ3) is 3.17. The molecule has 0 radical (unpaired) electrons. The molecular weight excluding hydrogens is 273 g/mol. The molecule has 0 aliphatic heterocycles. The van der Waals surface area contributed by atoms with Crippen molar-refractivity contribution in [2.45, 2.75) is 0 Å². The summed E-state index contributed by atoms with van der Waals surface area (Å²) in [6.07, 6.45) is 0.973. The van der Waals surface area contributed by atoms with Crippen LogP contribution in [0.5, 0.6) is 0 Å². The summed E-state index contributed by atoms with van der Waals surface area (Å²) in [5.74, 6) is -1.10. The first-order valence-corrected chi connectivity index (χ1v) is 5.61. The van der Waals surface area contributed by atoms with Gasteiger partial charge in [-0.25, -0.2) is 14.2 Å². The van der Waals surface area contributed by atoms with Gasteiger partial charge in [-0.3, -0.25) is 0 Å². The molecule has 0 spiro atoms. The van der Waals surface area contributed by atoms with Crippen LogP contribution < -0.4 is 5.32 Å². The molecule has 1 aromatic heterocycles. The number of nitrogens with one attached hydrogen (secondary N) is 1. The number of carbonyl (C=O) groups excluding carboxylic acids is 1. The van der Waals surface area contributed by atoms with E-state index in [0.717, 1.165) is 6.20 Å². The maximum absolute atomic E-state index is 13.4. The largest absolute Gasteiger partial charge is 0.465 e. The summed E-state index contributed by atoms with van der Waals surface area (Å²) in [6, 6.07) is 6.30. The van der Waals surface area contributed by atoms with E-state index in [-0.39, 0.29) is 11.1 Å². The molecule has 7 heteroatoms. The fourth-order valence-electron chi connectivity index (χ4n) is 1.38. The number of esters is 1. The molecular formula is C12H9ClFN3O2. The van der Waals surface area contributed by atoms with Crippen LogP contribution >= 0.6 is 11.6 Å². The number of rotatable bonds is 3. The average Bonchev–Trinajstić information content (AvgIpc) is 2.43. The summed E-state index contributed by atoms with van der Waals surface area (Å²) >= 11 is 5.58. The smallest absolute Gasteiger partial charge is 0.337 e. The van der Waals surface area contributed by atoms with Crippen LogP contribution in [0.2, 0.25) is 5.28 Å². The van der Waals surface area contributed by atoms with E-state index >= 15 is 0 Å². The van der Waals surface area contributed by atoms with Crippen molar-refractivity contribution in [3.8, 4) is 0 Å². The number of aromatic nitrogens is 2. The average molecular weight is 282 g/mol. The Morgan fingerprint density at radius 1 is 1.37 bits per heavy atom. The molecule has 0 bridgehead atoms. The zero-order valence-corrected chi connectivity index (χ0v) is 10.6. The maximum Gasteiger partial charge on any atom is 0.337 e. The number of methoxy groups -OCH3 is 1. The molecule has 2 aromatic rings. The molecule has 0 amide bonds. The first-order chi connectivity index (χ1) is 9.10. The van der Waals surface area contributed by atoms with Crippen molar-refractivity contribution in [1.82, 2.24) is 9.97 Å². The van der Waals surface area contributed by atoms with Crippen LogP contribution in [0.25, 0.3) is 0 Å². The number of benzene rings is 1. The van der Waals surface area contributed by atoms with Gasteiger partial charge in [0.05, 0.1) is 18.9 Å². The van der Waals surface area contributed by atoms with Crippen molar-refractivity contribution >= 4 is 29.1 Å². The van der Waals surface area contributed by atoms with Crippen LogP contribution in [-0.2, 0) is 4.74 Å². The molecule has 0 aliphatic carbocycles. The van der Waals surface area contributed by atoms with E-state index in [1.807, 2.05) is 0 Å². The van der Waals surface area contributed by atoms with Crippen LogP contribution in [-0.4, -0.2) is 23.0 Å². The minimum atomic E-state index is -0.624. The number of halogens is 2. The minimum Gasteiger partial charge on any atom is -0.465 e. The van der Waals surface area contributed by atoms with E-state index in [0.29, 0.717) is 11.3 Å². The molecule has 5 nitrogen and oxygen atoms in total. The number of nitrogens with zero attached hydrogens (tertiary/aromatic N) is 2. The minimum absolute atomic E-state index is 0.0363. The first-order valence-electron chi connectivity index (χ1n) is 5.23. The molecule has 98 valence electrons. The molecule has 0 atom stereocenters. The lowest BCUT2D eigenvalue weighted by Crippen LogP contribution is -2.02. The number of ether oxygens (including phenoxy) is 1. The van der Waals surface area contributed by atoms with Crippen LogP contribution in [0.1, 0.15) is 10.4 Å². The zero-order valence-electron chi connectivity index (χ0n) is 9.85. The van der Waals surface area contributed by atoms with Crippen molar-refractivity contribution in [3.63, 3.8) is 0 Å². The Hall–Kier alpha value is -2.21. The van der Waals surface area contributed by atoms with E-state index in [1.54, 1.807) is 24.3 Å². The summed E-state index contributed by atoms with van der Waals surface area (Å²) < 4.78 is 18.0. The van der Waals surface area contributed by atoms with Gasteiger partial charge in [-0.1, -0.05) is 0 Å². The number of anilines is 2. The summed E-state index contributed by atoms with van der Waals surface area (Å²) in [5, 5.41) is 2.67. The number of hydrogen-bond acceptors (Lipinski definition) is 5. The maximum atomic E-state index is 13.4. The van der Waals surface area contributed by atoms with E-state index in [2.05, 4.69) is 20.0 Å². The fraction of sp³-hybridized carbons (Fsp3) is 0.0833. The molecule has 0 aliphatic rings.